The van der Waals surface area contributed by atoms with Gasteiger partial charge >= 0.3 is 0 Å². The van der Waals surface area contributed by atoms with Crippen LogP contribution in [0, 0.1) is 6.92 Å². The third-order valence-corrected chi connectivity index (χ3v) is 3.71. The summed E-state index contributed by atoms with van der Waals surface area (Å²) in [6.07, 6.45) is 0. The van der Waals surface area contributed by atoms with Crippen molar-refractivity contribution in [2.45, 2.75) is 6.92 Å². The predicted octanol–water partition coefficient (Wildman–Crippen LogP) is 4.55. The third-order valence-electron chi connectivity index (χ3n) is 3.30. The van der Waals surface area contributed by atoms with E-state index in [1.165, 1.54) is 0 Å². The van der Waals surface area contributed by atoms with Gasteiger partial charge in [-0.3, -0.25) is 0 Å². The first-order chi connectivity index (χ1) is 9.68. The first-order valence-electron chi connectivity index (χ1n) is 6.24. The van der Waals surface area contributed by atoms with E-state index in [2.05, 4.69) is 5.16 Å². The zero-order chi connectivity index (χ0) is 14.1. The maximum absolute atomic E-state index is 6.18. The minimum atomic E-state index is 0.311. The average Bonchev–Trinajstić information content (AvgIpc) is 2.84. The van der Waals surface area contributed by atoms with Gasteiger partial charge in [0.05, 0.1) is 5.56 Å². The molecule has 0 aliphatic rings. The molecule has 2 N–H and O–H groups in total. The van der Waals surface area contributed by atoms with Crippen LogP contribution in [-0.2, 0) is 0 Å². The number of nitrogen functional groups attached to an aromatic ring is 1. The van der Waals surface area contributed by atoms with Gasteiger partial charge in [0.15, 0.2) is 0 Å². The number of anilines is 1. The summed E-state index contributed by atoms with van der Waals surface area (Å²) in [6, 6.07) is 15.5. The number of nitrogens with zero attached hydrogens (tertiary/aromatic N) is 1. The highest BCUT2D eigenvalue weighted by Crippen LogP contribution is 2.38. The van der Waals surface area contributed by atoms with E-state index in [1.807, 2.05) is 55.5 Å². The summed E-state index contributed by atoms with van der Waals surface area (Å²) in [6.45, 7) is 1.96. The molecule has 0 bridgehead atoms. The molecule has 3 aromatic rings. The van der Waals surface area contributed by atoms with Gasteiger partial charge in [0.1, 0.15) is 5.69 Å². The second-order valence-corrected chi connectivity index (χ2v) is 4.96. The zero-order valence-electron chi connectivity index (χ0n) is 10.9. The quantitative estimate of drug-likeness (QED) is 0.751. The smallest absolute Gasteiger partial charge is 0.230 e. The van der Waals surface area contributed by atoms with Crippen molar-refractivity contribution < 1.29 is 4.52 Å². The Labute approximate surface area is 122 Å². The highest BCUT2D eigenvalue weighted by atomic mass is 35.5. The van der Waals surface area contributed by atoms with E-state index in [1.54, 1.807) is 0 Å². The van der Waals surface area contributed by atoms with Crippen molar-refractivity contribution in [2.24, 2.45) is 0 Å². The lowest BCUT2D eigenvalue weighted by molar-refractivity contribution is 0.439. The van der Waals surface area contributed by atoms with Crippen LogP contribution in [0.15, 0.2) is 53.1 Å². The summed E-state index contributed by atoms with van der Waals surface area (Å²) < 4.78 is 5.18. The average molecular weight is 285 g/mol. The lowest BCUT2D eigenvalue weighted by atomic mass is 9.98. The summed E-state index contributed by atoms with van der Waals surface area (Å²) in [5, 5.41) is 4.80. The van der Waals surface area contributed by atoms with E-state index < -0.39 is 0 Å². The SMILES string of the molecule is Cc1c(Cl)cccc1-c1noc(N)c1-c1ccccc1. The molecule has 3 nitrogen and oxygen atoms in total. The highest BCUT2D eigenvalue weighted by molar-refractivity contribution is 6.31. The topological polar surface area (TPSA) is 52.0 Å². The van der Waals surface area contributed by atoms with E-state index in [4.69, 9.17) is 21.9 Å². The summed E-state index contributed by atoms with van der Waals surface area (Å²) in [5.41, 5.74) is 10.3. The second kappa shape index (κ2) is 5.02. The number of aromatic nitrogens is 1. The molecule has 0 radical (unpaired) electrons. The summed E-state index contributed by atoms with van der Waals surface area (Å²) in [4.78, 5) is 0. The maximum atomic E-state index is 6.18. The number of rotatable bonds is 2. The van der Waals surface area contributed by atoms with Gasteiger partial charge in [0, 0.05) is 10.6 Å². The Bertz CT molecular complexity index is 750. The normalized spacial score (nSPS) is 10.7. The molecule has 0 aliphatic heterocycles. The van der Waals surface area contributed by atoms with E-state index in [0.717, 1.165) is 22.3 Å². The summed E-state index contributed by atoms with van der Waals surface area (Å²) >= 11 is 6.18. The molecule has 0 unspecified atom stereocenters. The first kappa shape index (κ1) is 12.8. The fourth-order valence-electron chi connectivity index (χ4n) is 2.23. The summed E-state index contributed by atoms with van der Waals surface area (Å²) in [7, 11) is 0. The highest BCUT2D eigenvalue weighted by Gasteiger charge is 2.19. The van der Waals surface area contributed by atoms with Gasteiger partial charge in [-0.05, 0) is 24.1 Å². The monoisotopic (exact) mass is 284 g/mol. The molecular formula is C16H13ClN2O. The van der Waals surface area contributed by atoms with Crippen LogP contribution < -0.4 is 5.73 Å². The Morgan fingerprint density at radius 2 is 1.80 bits per heavy atom. The number of hydrogen-bond donors (Lipinski definition) is 1. The van der Waals surface area contributed by atoms with Crippen LogP contribution in [0.3, 0.4) is 0 Å². The molecule has 0 atom stereocenters. The molecule has 3 rings (SSSR count). The minimum absolute atomic E-state index is 0.311. The van der Waals surface area contributed by atoms with Crippen LogP contribution in [0.25, 0.3) is 22.4 Å². The van der Waals surface area contributed by atoms with Crippen LogP contribution in [0.5, 0.6) is 0 Å². The number of halogens is 1. The first-order valence-corrected chi connectivity index (χ1v) is 6.62. The molecule has 2 aromatic carbocycles. The van der Waals surface area contributed by atoms with Gasteiger partial charge in [0.25, 0.3) is 0 Å². The van der Waals surface area contributed by atoms with Crippen LogP contribution in [0.1, 0.15) is 5.56 Å². The Balaban J connectivity index is 2.24. The van der Waals surface area contributed by atoms with Crippen LogP contribution in [0.2, 0.25) is 5.02 Å². The molecule has 1 aromatic heterocycles. The molecule has 100 valence electrons. The predicted molar refractivity (Wildman–Crippen MR) is 81.5 cm³/mol. The van der Waals surface area contributed by atoms with Gasteiger partial charge in [0.2, 0.25) is 5.88 Å². The van der Waals surface area contributed by atoms with Crippen molar-refractivity contribution in [2.75, 3.05) is 5.73 Å². The largest absolute Gasteiger partial charge is 0.367 e. The van der Waals surface area contributed by atoms with Crippen LogP contribution in [0.4, 0.5) is 5.88 Å². The molecule has 1 heterocycles. The molecule has 0 saturated carbocycles. The lowest BCUT2D eigenvalue weighted by Crippen LogP contribution is -1.89. The van der Waals surface area contributed by atoms with Gasteiger partial charge < -0.3 is 10.3 Å². The van der Waals surface area contributed by atoms with Crippen molar-refractivity contribution in [1.29, 1.82) is 0 Å². The van der Waals surface area contributed by atoms with E-state index in [0.29, 0.717) is 16.6 Å². The molecular weight excluding hydrogens is 272 g/mol. The van der Waals surface area contributed by atoms with Crippen molar-refractivity contribution in [3.8, 4) is 22.4 Å². The Morgan fingerprint density at radius 1 is 1.05 bits per heavy atom. The molecule has 0 fully saturated rings. The lowest BCUT2D eigenvalue weighted by Gasteiger charge is -2.07. The fraction of sp³-hybridized carbons (Fsp3) is 0.0625. The van der Waals surface area contributed by atoms with E-state index in [9.17, 15) is 0 Å². The Morgan fingerprint density at radius 3 is 2.55 bits per heavy atom. The summed E-state index contributed by atoms with van der Waals surface area (Å²) in [5.74, 6) is 0.311. The van der Waals surface area contributed by atoms with Crippen molar-refractivity contribution in [3.05, 3.63) is 59.1 Å². The zero-order valence-corrected chi connectivity index (χ0v) is 11.7. The molecule has 0 amide bonds. The maximum Gasteiger partial charge on any atom is 0.230 e. The van der Waals surface area contributed by atoms with Crippen molar-refractivity contribution in [3.63, 3.8) is 0 Å². The minimum Gasteiger partial charge on any atom is -0.367 e. The van der Waals surface area contributed by atoms with Gasteiger partial charge in [-0.15, -0.1) is 0 Å². The van der Waals surface area contributed by atoms with Gasteiger partial charge in [-0.2, -0.15) is 0 Å². The van der Waals surface area contributed by atoms with Gasteiger partial charge in [-0.1, -0.05) is 59.2 Å². The van der Waals surface area contributed by atoms with Crippen LogP contribution >= 0.6 is 11.6 Å². The third kappa shape index (κ3) is 2.06. The second-order valence-electron chi connectivity index (χ2n) is 4.55. The molecule has 0 spiro atoms. The van der Waals surface area contributed by atoms with Gasteiger partial charge in [-0.25, -0.2) is 0 Å². The van der Waals surface area contributed by atoms with Crippen molar-refractivity contribution in [1.82, 2.24) is 5.16 Å². The number of nitrogens with two attached hydrogens (primary N) is 1. The van der Waals surface area contributed by atoms with E-state index >= 15 is 0 Å². The number of benzene rings is 2. The molecule has 20 heavy (non-hydrogen) atoms. The fourth-order valence-corrected chi connectivity index (χ4v) is 2.41. The molecule has 0 saturated heterocycles. The Hall–Kier alpha value is -2.26. The Kier molecular flexibility index (Phi) is 3.20. The standard InChI is InChI=1S/C16H13ClN2O/c1-10-12(8-5-9-13(10)17)15-14(16(18)20-19-15)11-6-3-2-4-7-11/h2-9H,18H2,1H3. The van der Waals surface area contributed by atoms with Crippen LogP contribution in [-0.4, -0.2) is 5.16 Å². The molecule has 0 aliphatic carbocycles. The number of hydrogen-bond acceptors (Lipinski definition) is 3. The molecule has 4 heteroatoms. The van der Waals surface area contributed by atoms with Crippen molar-refractivity contribution >= 4 is 17.5 Å². The van der Waals surface area contributed by atoms with E-state index in [-0.39, 0.29) is 0 Å².